The summed E-state index contributed by atoms with van der Waals surface area (Å²) in [6.45, 7) is 2.22. The lowest BCUT2D eigenvalue weighted by Crippen LogP contribution is -2.24. The third-order valence-electron chi connectivity index (χ3n) is 4.47. The predicted octanol–water partition coefficient (Wildman–Crippen LogP) is 5.27. The summed E-state index contributed by atoms with van der Waals surface area (Å²) in [5.74, 6) is 0.394. The number of hydrogen-bond donors (Lipinski definition) is 0. The van der Waals surface area contributed by atoms with Gasteiger partial charge in [-0.15, -0.1) is 0 Å². The van der Waals surface area contributed by atoms with Crippen LogP contribution in [0.4, 0.5) is 0 Å². The van der Waals surface area contributed by atoms with Crippen LogP contribution in [-0.4, -0.2) is 5.78 Å². The van der Waals surface area contributed by atoms with Crippen LogP contribution in [0.3, 0.4) is 0 Å². The van der Waals surface area contributed by atoms with Gasteiger partial charge in [-0.25, -0.2) is 0 Å². The number of allylic oxidation sites excluding steroid dienone is 1. The molecule has 0 bridgehead atoms. The van der Waals surface area contributed by atoms with Crippen LogP contribution < -0.4 is 0 Å². The van der Waals surface area contributed by atoms with Gasteiger partial charge >= 0.3 is 0 Å². The van der Waals surface area contributed by atoms with Gasteiger partial charge in [0.2, 0.25) is 0 Å². The number of carbonyl (C=O) groups is 1. The Morgan fingerprint density at radius 3 is 2.00 bits per heavy atom. The second-order valence-electron chi connectivity index (χ2n) is 6.51. The van der Waals surface area contributed by atoms with Gasteiger partial charge in [0, 0.05) is 12.8 Å². The number of benzene rings is 2. The van der Waals surface area contributed by atoms with Crippen LogP contribution in [-0.2, 0) is 4.79 Å². The Morgan fingerprint density at radius 1 is 0.955 bits per heavy atom. The van der Waals surface area contributed by atoms with E-state index in [1.54, 1.807) is 0 Å². The first-order valence-electron chi connectivity index (χ1n) is 8.02. The van der Waals surface area contributed by atoms with E-state index in [1.807, 2.05) is 12.1 Å². The fourth-order valence-electron chi connectivity index (χ4n) is 3.36. The molecule has 0 heterocycles. The number of ketones is 1. The smallest absolute Gasteiger partial charge is 0.133 e. The monoisotopic (exact) mass is 290 g/mol. The number of hydrogen-bond acceptors (Lipinski definition) is 1. The molecule has 1 nitrogen and oxygen atoms in total. The minimum atomic E-state index is -0.0314. The molecule has 0 aliphatic heterocycles. The summed E-state index contributed by atoms with van der Waals surface area (Å²) in [5.41, 5.74) is 3.63. The first kappa shape index (κ1) is 14.8. The number of rotatable bonds is 3. The largest absolute Gasteiger partial charge is 0.300 e. The van der Waals surface area contributed by atoms with E-state index >= 15 is 0 Å². The fraction of sp³-hybridized carbons (Fsp3) is 0.286. The van der Waals surface area contributed by atoms with Crippen LogP contribution in [0.25, 0.3) is 5.57 Å². The molecule has 1 heteroatoms. The van der Waals surface area contributed by atoms with Gasteiger partial charge in [0.05, 0.1) is 0 Å². The van der Waals surface area contributed by atoms with Gasteiger partial charge < -0.3 is 0 Å². The predicted molar refractivity (Wildman–Crippen MR) is 91.5 cm³/mol. The van der Waals surface area contributed by atoms with E-state index < -0.39 is 0 Å². The molecule has 0 N–H and O–H groups in total. The molecule has 1 aliphatic carbocycles. The minimum absolute atomic E-state index is 0.0314. The van der Waals surface area contributed by atoms with Crippen molar-refractivity contribution in [3.8, 4) is 0 Å². The maximum atomic E-state index is 11.9. The van der Waals surface area contributed by atoms with Crippen LogP contribution in [0.15, 0.2) is 66.7 Å². The van der Waals surface area contributed by atoms with Crippen molar-refractivity contribution in [2.75, 3.05) is 0 Å². The summed E-state index contributed by atoms with van der Waals surface area (Å²) in [6.07, 6.45) is 5.82. The molecule has 1 atom stereocenters. The van der Waals surface area contributed by atoms with E-state index in [2.05, 4.69) is 61.5 Å². The summed E-state index contributed by atoms with van der Waals surface area (Å²) < 4.78 is 0. The molecule has 2 aromatic carbocycles. The average molecular weight is 290 g/mol. The Labute approximate surface area is 132 Å². The summed E-state index contributed by atoms with van der Waals surface area (Å²) in [7, 11) is 0. The van der Waals surface area contributed by atoms with Crippen LogP contribution in [0.1, 0.15) is 43.7 Å². The van der Waals surface area contributed by atoms with Crippen molar-refractivity contribution in [1.82, 2.24) is 0 Å². The molecule has 1 aliphatic rings. The van der Waals surface area contributed by atoms with Gasteiger partial charge in [-0.1, -0.05) is 73.7 Å². The molecular formula is C21H22O. The zero-order chi connectivity index (χ0) is 15.4. The average Bonchev–Trinajstić information content (AvgIpc) is 2.54. The van der Waals surface area contributed by atoms with E-state index in [9.17, 15) is 4.79 Å². The minimum Gasteiger partial charge on any atom is -0.300 e. The lowest BCUT2D eigenvalue weighted by Gasteiger charge is -2.31. The molecule has 112 valence electrons. The van der Waals surface area contributed by atoms with Crippen LogP contribution in [0.5, 0.6) is 0 Å². The Bertz CT molecular complexity index is 628. The van der Waals surface area contributed by atoms with Crippen molar-refractivity contribution < 1.29 is 4.79 Å². The topological polar surface area (TPSA) is 17.1 Å². The molecule has 0 amide bonds. The molecule has 0 aromatic heterocycles. The molecule has 22 heavy (non-hydrogen) atoms. The first-order chi connectivity index (χ1) is 10.7. The zero-order valence-corrected chi connectivity index (χ0v) is 13.1. The molecule has 0 radical (unpaired) electrons. The Balaban J connectivity index is 2.06. The molecule has 3 rings (SSSR count). The summed E-state index contributed by atoms with van der Waals surface area (Å²) in [4.78, 5) is 11.9. The Kier molecular flexibility index (Phi) is 4.24. The second kappa shape index (κ2) is 6.31. The van der Waals surface area contributed by atoms with Crippen molar-refractivity contribution in [3.63, 3.8) is 0 Å². The molecule has 0 saturated heterocycles. The quantitative estimate of drug-likeness (QED) is 0.752. The van der Waals surface area contributed by atoms with Crippen molar-refractivity contribution in [1.29, 1.82) is 0 Å². The molecule has 1 unspecified atom stereocenters. The van der Waals surface area contributed by atoms with Crippen molar-refractivity contribution >= 4 is 11.4 Å². The van der Waals surface area contributed by atoms with Crippen LogP contribution in [0.2, 0.25) is 0 Å². The highest BCUT2D eigenvalue weighted by Gasteiger charge is 2.29. The van der Waals surface area contributed by atoms with Gasteiger partial charge in [-0.05, 0) is 35.0 Å². The van der Waals surface area contributed by atoms with Crippen LogP contribution in [0, 0.1) is 5.41 Å². The standard InChI is InChI=1S/C21H22O/c1-21(14-8-13-19(22)15-21)16-20(17-9-4-2-5-10-17)18-11-6-3-7-12-18/h2-7,9-12,16H,8,13-15H2,1H3. The lowest BCUT2D eigenvalue weighted by atomic mass is 9.73. The van der Waals surface area contributed by atoms with Crippen molar-refractivity contribution in [3.05, 3.63) is 77.9 Å². The van der Waals surface area contributed by atoms with Crippen molar-refractivity contribution in [2.24, 2.45) is 5.41 Å². The second-order valence-corrected chi connectivity index (χ2v) is 6.51. The third kappa shape index (κ3) is 3.36. The summed E-state index contributed by atoms with van der Waals surface area (Å²) >= 11 is 0. The van der Waals surface area contributed by atoms with E-state index in [-0.39, 0.29) is 5.41 Å². The van der Waals surface area contributed by atoms with E-state index in [1.165, 1.54) is 16.7 Å². The van der Waals surface area contributed by atoms with Gasteiger partial charge in [-0.2, -0.15) is 0 Å². The highest BCUT2D eigenvalue weighted by Crippen LogP contribution is 2.39. The van der Waals surface area contributed by atoms with E-state index in [0.29, 0.717) is 12.2 Å². The van der Waals surface area contributed by atoms with E-state index in [4.69, 9.17) is 0 Å². The first-order valence-corrected chi connectivity index (χ1v) is 8.02. The van der Waals surface area contributed by atoms with Gasteiger partial charge in [-0.3, -0.25) is 4.79 Å². The molecule has 2 aromatic rings. The summed E-state index contributed by atoms with van der Waals surface area (Å²) in [5, 5.41) is 0. The molecule has 1 fully saturated rings. The Morgan fingerprint density at radius 2 is 1.50 bits per heavy atom. The maximum Gasteiger partial charge on any atom is 0.133 e. The number of Topliss-reactive ketones (excluding diaryl/α,β-unsaturated/α-hetero) is 1. The molecule has 1 saturated carbocycles. The molecular weight excluding hydrogens is 268 g/mol. The number of carbonyl (C=O) groups excluding carboxylic acids is 1. The lowest BCUT2D eigenvalue weighted by molar-refractivity contribution is -0.122. The van der Waals surface area contributed by atoms with Gasteiger partial charge in [0.1, 0.15) is 5.78 Å². The SMILES string of the molecule is CC1(C=C(c2ccccc2)c2ccccc2)CCCC(=O)C1. The van der Waals surface area contributed by atoms with Gasteiger partial charge in [0.25, 0.3) is 0 Å². The van der Waals surface area contributed by atoms with E-state index in [0.717, 1.165) is 19.3 Å². The molecule has 0 spiro atoms. The maximum absolute atomic E-state index is 11.9. The fourth-order valence-corrected chi connectivity index (χ4v) is 3.36. The Hall–Kier alpha value is -2.15. The third-order valence-corrected chi connectivity index (χ3v) is 4.47. The highest BCUT2D eigenvalue weighted by atomic mass is 16.1. The van der Waals surface area contributed by atoms with Crippen molar-refractivity contribution in [2.45, 2.75) is 32.6 Å². The van der Waals surface area contributed by atoms with Gasteiger partial charge in [0.15, 0.2) is 0 Å². The van der Waals surface area contributed by atoms with Crippen LogP contribution >= 0.6 is 0 Å². The summed E-state index contributed by atoms with van der Waals surface area (Å²) in [6, 6.07) is 20.9. The normalized spacial score (nSPS) is 21.4. The highest BCUT2D eigenvalue weighted by molar-refractivity contribution is 5.83. The zero-order valence-electron chi connectivity index (χ0n) is 13.1.